The average molecular weight is 362 g/mol. The van der Waals surface area contributed by atoms with Crippen molar-refractivity contribution in [2.45, 2.75) is 31.7 Å². The van der Waals surface area contributed by atoms with E-state index in [4.69, 9.17) is 15.5 Å². The smallest absolute Gasteiger partial charge is 0.233 e. The first-order valence-electron chi connectivity index (χ1n) is 9.16. The number of ether oxygens (including phenoxy) is 1. The first-order chi connectivity index (χ1) is 13.2. The summed E-state index contributed by atoms with van der Waals surface area (Å²) in [4.78, 5) is 18.2. The van der Waals surface area contributed by atoms with Crippen LogP contribution in [0.25, 0.3) is 10.8 Å². The highest BCUT2D eigenvalue weighted by molar-refractivity contribution is 6.46. The number of carbonyl (C=O) groups excluding carboxylic acids is 1. The van der Waals surface area contributed by atoms with E-state index >= 15 is 0 Å². The first-order valence-corrected chi connectivity index (χ1v) is 9.16. The van der Waals surface area contributed by atoms with E-state index in [0.717, 1.165) is 36.5 Å². The summed E-state index contributed by atoms with van der Waals surface area (Å²) in [6, 6.07) is 13.4. The second-order valence-corrected chi connectivity index (χ2v) is 6.80. The number of methoxy groups -OCH3 is 1. The molecule has 1 aliphatic rings. The van der Waals surface area contributed by atoms with Gasteiger partial charge < -0.3 is 10.5 Å². The van der Waals surface area contributed by atoms with Crippen LogP contribution in [-0.2, 0) is 0 Å². The van der Waals surface area contributed by atoms with Crippen molar-refractivity contribution in [3.05, 3.63) is 54.2 Å². The number of hydrogen-bond acceptors (Lipinski definition) is 5. The fourth-order valence-corrected chi connectivity index (χ4v) is 3.57. The third-order valence-corrected chi connectivity index (χ3v) is 4.97. The Morgan fingerprint density at radius 1 is 1.19 bits per heavy atom. The third kappa shape index (κ3) is 3.43. The van der Waals surface area contributed by atoms with E-state index in [1.807, 2.05) is 36.4 Å². The van der Waals surface area contributed by atoms with Gasteiger partial charge in [0, 0.05) is 12.3 Å². The molecule has 1 aliphatic carbocycles. The molecule has 138 valence electrons. The van der Waals surface area contributed by atoms with Gasteiger partial charge in [-0.15, -0.1) is 5.10 Å². The number of rotatable bonds is 4. The van der Waals surface area contributed by atoms with Crippen LogP contribution >= 0.6 is 0 Å². The Morgan fingerprint density at radius 2 is 1.89 bits per heavy atom. The summed E-state index contributed by atoms with van der Waals surface area (Å²) in [5.74, 6) is 0.949. The zero-order valence-electron chi connectivity index (χ0n) is 15.3. The minimum atomic E-state index is -0.215. The van der Waals surface area contributed by atoms with Crippen molar-refractivity contribution in [2.75, 3.05) is 12.8 Å². The van der Waals surface area contributed by atoms with Crippen LogP contribution in [-0.4, -0.2) is 34.6 Å². The second-order valence-electron chi connectivity index (χ2n) is 6.80. The van der Waals surface area contributed by atoms with Gasteiger partial charge in [0.1, 0.15) is 11.6 Å². The van der Waals surface area contributed by atoms with E-state index in [1.165, 1.54) is 4.68 Å². The van der Waals surface area contributed by atoms with Crippen molar-refractivity contribution in [2.24, 2.45) is 4.99 Å². The molecule has 2 aromatic carbocycles. The number of fused-ring (bicyclic) bond motifs is 1. The molecule has 0 bridgehead atoms. The molecule has 0 aliphatic heterocycles. The Balaban J connectivity index is 1.82. The summed E-state index contributed by atoms with van der Waals surface area (Å²) in [7, 11) is 1.57. The van der Waals surface area contributed by atoms with Gasteiger partial charge in [-0.05, 0) is 35.7 Å². The van der Waals surface area contributed by atoms with Crippen molar-refractivity contribution < 1.29 is 9.53 Å². The molecule has 1 fully saturated rings. The molecule has 6 nitrogen and oxygen atoms in total. The zero-order chi connectivity index (χ0) is 18.8. The van der Waals surface area contributed by atoms with Crippen molar-refractivity contribution in [3.63, 3.8) is 0 Å². The maximum Gasteiger partial charge on any atom is 0.233 e. The minimum Gasteiger partial charge on any atom is -0.496 e. The lowest BCUT2D eigenvalue weighted by atomic mass is 10.0. The lowest BCUT2D eigenvalue weighted by Crippen LogP contribution is -2.26. The number of hydrogen-bond donors (Lipinski definition) is 1. The molecule has 0 amide bonds. The highest BCUT2D eigenvalue weighted by Gasteiger charge is 2.24. The number of aromatic nitrogens is 2. The number of nitrogen functional groups attached to an aromatic ring is 1. The predicted molar refractivity (Wildman–Crippen MR) is 107 cm³/mol. The maximum atomic E-state index is 13.5. The Hall–Kier alpha value is -3.15. The fraction of sp³-hybridized carbons (Fsp3) is 0.286. The number of Topliss-reactive ketones (excluding diaryl/α,β-unsaturated/α-hetero) is 1. The summed E-state index contributed by atoms with van der Waals surface area (Å²) in [5, 5.41) is 6.21. The number of anilines is 1. The molecular weight excluding hydrogens is 340 g/mol. The standard InChI is InChI=1S/C21H22N4O2/c1-27-18-13-15-7-3-2-6-14(15)12-17(18)20(26)21(23-16-8-4-5-9-16)25-11-10-19(22)24-25/h2-3,6-7,10-13,16H,4-5,8-9H2,1H3,(H2,22,24). The highest BCUT2D eigenvalue weighted by atomic mass is 16.5. The normalized spacial score (nSPS) is 15.4. The summed E-state index contributed by atoms with van der Waals surface area (Å²) >= 11 is 0. The lowest BCUT2D eigenvalue weighted by molar-refractivity contribution is 0.105. The van der Waals surface area contributed by atoms with Gasteiger partial charge in [-0.2, -0.15) is 0 Å². The summed E-state index contributed by atoms with van der Waals surface area (Å²) < 4.78 is 6.98. The van der Waals surface area contributed by atoms with Crippen molar-refractivity contribution >= 4 is 28.2 Å². The van der Waals surface area contributed by atoms with E-state index in [2.05, 4.69) is 5.10 Å². The topological polar surface area (TPSA) is 82.5 Å². The molecule has 4 rings (SSSR count). The third-order valence-electron chi connectivity index (χ3n) is 4.97. The number of ketones is 1. The van der Waals surface area contributed by atoms with Gasteiger partial charge in [-0.25, -0.2) is 4.68 Å². The number of nitrogens with two attached hydrogens (primary N) is 1. The molecular formula is C21H22N4O2. The average Bonchev–Trinajstić information content (AvgIpc) is 3.36. The molecule has 0 spiro atoms. The van der Waals surface area contributed by atoms with E-state index in [1.54, 1.807) is 19.4 Å². The molecule has 1 aromatic heterocycles. The van der Waals surface area contributed by atoms with Crippen LogP contribution in [0.15, 0.2) is 53.7 Å². The molecule has 0 saturated heterocycles. The first kappa shape index (κ1) is 17.3. The summed E-state index contributed by atoms with van der Waals surface area (Å²) in [6.07, 6.45) is 5.92. The zero-order valence-corrected chi connectivity index (χ0v) is 15.3. The van der Waals surface area contributed by atoms with Crippen molar-refractivity contribution in [1.29, 1.82) is 0 Å². The summed E-state index contributed by atoms with van der Waals surface area (Å²) in [5.41, 5.74) is 6.25. The second kappa shape index (κ2) is 7.23. The molecule has 3 aromatic rings. The molecule has 1 saturated carbocycles. The van der Waals surface area contributed by atoms with Gasteiger partial charge in [-0.3, -0.25) is 9.79 Å². The predicted octanol–water partition coefficient (Wildman–Crippen LogP) is 3.70. The van der Waals surface area contributed by atoms with Gasteiger partial charge in [-0.1, -0.05) is 37.1 Å². The highest BCUT2D eigenvalue weighted by Crippen LogP contribution is 2.28. The van der Waals surface area contributed by atoms with E-state index in [9.17, 15) is 4.79 Å². The molecule has 27 heavy (non-hydrogen) atoms. The van der Waals surface area contributed by atoms with Gasteiger partial charge in [0.15, 0.2) is 5.84 Å². The molecule has 0 atom stereocenters. The largest absolute Gasteiger partial charge is 0.496 e. The Morgan fingerprint density at radius 3 is 2.52 bits per heavy atom. The van der Waals surface area contributed by atoms with Crippen LogP contribution in [0.1, 0.15) is 36.0 Å². The van der Waals surface area contributed by atoms with Crippen LogP contribution in [0.4, 0.5) is 5.82 Å². The monoisotopic (exact) mass is 362 g/mol. The van der Waals surface area contributed by atoms with E-state index in [0.29, 0.717) is 17.1 Å². The quantitative estimate of drug-likeness (QED) is 0.436. The summed E-state index contributed by atoms with van der Waals surface area (Å²) in [6.45, 7) is 0. The van der Waals surface area contributed by atoms with Crippen molar-refractivity contribution in [1.82, 2.24) is 9.78 Å². The lowest BCUT2D eigenvalue weighted by Gasteiger charge is -2.13. The Kier molecular flexibility index (Phi) is 4.62. The molecule has 1 heterocycles. The number of aliphatic imine (C=N–C) groups is 1. The molecule has 0 unspecified atom stereocenters. The molecule has 0 radical (unpaired) electrons. The Labute approximate surface area is 157 Å². The maximum absolute atomic E-state index is 13.5. The minimum absolute atomic E-state index is 0.140. The van der Waals surface area contributed by atoms with Crippen LogP contribution in [0.3, 0.4) is 0 Å². The number of nitrogens with zero attached hydrogens (tertiary/aromatic N) is 3. The van der Waals surface area contributed by atoms with Crippen molar-refractivity contribution in [3.8, 4) is 5.75 Å². The SMILES string of the molecule is COc1cc2ccccc2cc1C(=O)C(=NC1CCCC1)n1ccc(N)n1. The van der Waals surface area contributed by atoms with Crippen LogP contribution < -0.4 is 10.5 Å². The molecule has 6 heteroatoms. The van der Waals surface area contributed by atoms with Crippen LogP contribution in [0.2, 0.25) is 0 Å². The Bertz CT molecular complexity index is 1020. The van der Waals surface area contributed by atoms with Crippen LogP contribution in [0.5, 0.6) is 5.75 Å². The fourth-order valence-electron chi connectivity index (χ4n) is 3.57. The van der Waals surface area contributed by atoms with Gasteiger partial charge in [0.05, 0.1) is 18.7 Å². The van der Waals surface area contributed by atoms with E-state index in [-0.39, 0.29) is 17.7 Å². The van der Waals surface area contributed by atoms with E-state index < -0.39 is 0 Å². The van der Waals surface area contributed by atoms with Gasteiger partial charge in [0.2, 0.25) is 5.78 Å². The number of benzene rings is 2. The van der Waals surface area contributed by atoms with Gasteiger partial charge >= 0.3 is 0 Å². The van der Waals surface area contributed by atoms with Crippen LogP contribution in [0, 0.1) is 0 Å². The number of carbonyl (C=O) groups is 1. The molecule has 2 N–H and O–H groups in total. The van der Waals surface area contributed by atoms with Gasteiger partial charge in [0.25, 0.3) is 0 Å².